The zero-order valence-corrected chi connectivity index (χ0v) is 8.01. The van der Waals surface area contributed by atoms with E-state index in [-0.39, 0.29) is 12.1 Å². The smallest absolute Gasteiger partial charge is 0.232 e. The van der Waals surface area contributed by atoms with Crippen LogP contribution in [-0.4, -0.2) is 35.3 Å². The SMILES string of the molecule is Cc1cncc(OC2COCC2N)n1. The molecule has 2 heterocycles. The molecule has 2 N–H and O–H groups in total. The molecular formula is C9H13N3O2. The van der Waals surface area contributed by atoms with Gasteiger partial charge in [0.2, 0.25) is 5.88 Å². The first-order chi connectivity index (χ1) is 6.75. The van der Waals surface area contributed by atoms with E-state index in [1.165, 1.54) is 0 Å². The van der Waals surface area contributed by atoms with Crippen LogP contribution in [0.5, 0.6) is 5.88 Å². The summed E-state index contributed by atoms with van der Waals surface area (Å²) < 4.78 is 10.7. The first-order valence-electron chi connectivity index (χ1n) is 4.54. The molecule has 14 heavy (non-hydrogen) atoms. The third kappa shape index (κ3) is 2.00. The highest BCUT2D eigenvalue weighted by Gasteiger charge is 2.26. The van der Waals surface area contributed by atoms with Crippen LogP contribution in [0.25, 0.3) is 0 Å². The van der Waals surface area contributed by atoms with Crippen LogP contribution in [-0.2, 0) is 4.74 Å². The van der Waals surface area contributed by atoms with Crippen LogP contribution in [0.1, 0.15) is 5.69 Å². The van der Waals surface area contributed by atoms with Gasteiger partial charge in [-0.25, -0.2) is 4.98 Å². The van der Waals surface area contributed by atoms with Crippen LogP contribution in [0.2, 0.25) is 0 Å². The predicted molar refractivity (Wildman–Crippen MR) is 50.0 cm³/mol. The molecule has 1 saturated heterocycles. The maximum absolute atomic E-state index is 5.77. The molecule has 0 aromatic carbocycles. The fraction of sp³-hybridized carbons (Fsp3) is 0.556. The summed E-state index contributed by atoms with van der Waals surface area (Å²) in [7, 11) is 0. The third-order valence-corrected chi connectivity index (χ3v) is 2.07. The number of nitrogens with zero attached hydrogens (tertiary/aromatic N) is 2. The van der Waals surface area contributed by atoms with Crippen LogP contribution < -0.4 is 10.5 Å². The Labute approximate surface area is 82.3 Å². The van der Waals surface area contributed by atoms with Gasteiger partial charge in [-0.3, -0.25) is 4.98 Å². The normalized spacial score (nSPS) is 26.4. The van der Waals surface area contributed by atoms with Crippen molar-refractivity contribution >= 4 is 0 Å². The molecule has 2 rings (SSSR count). The first kappa shape index (κ1) is 9.36. The molecule has 2 atom stereocenters. The largest absolute Gasteiger partial charge is 0.469 e. The number of nitrogens with two attached hydrogens (primary N) is 1. The summed E-state index contributed by atoms with van der Waals surface area (Å²) in [6, 6.07) is -0.0719. The molecule has 0 bridgehead atoms. The minimum absolute atomic E-state index is 0.0719. The highest BCUT2D eigenvalue weighted by molar-refractivity contribution is 5.08. The van der Waals surface area contributed by atoms with Gasteiger partial charge in [0.05, 0.1) is 31.1 Å². The lowest BCUT2D eigenvalue weighted by atomic mass is 10.2. The van der Waals surface area contributed by atoms with Crippen molar-refractivity contribution < 1.29 is 9.47 Å². The molecule has 1 aliphatic rings. The fourth-order valence-corrected chi connectivity index (χ4v) is 1.32. The van der Waals surface area contributed by atoms with Crippen molar-refractivity contribution in [2.75, 3.05) is 13.2 Å². The van der Waals surface area contributed by atoms with Gasteiger partial charge in [-0.15, -0.1) is 0 Å². The van der Waals surface area contributed by atoms with Crippen LogP contribution in [0.15, 0.2) is 12.4 Å². The minimum atomic E-state index is -0.105. The fourth-order valence-electron chi connectivity index (χ4n) is 1.32. The Bertz CT molecular complexity index is 319. The molecule has 5 nitrogen and oxygen atoms in total. The third-order valence-electron chi connectivity index (χ3n) is 2.07. The average Bonchev–Trinajstić information content (AvgIpc) is 2.52. The maximum Gasteiger partial charge on any atom is 0.232 e. The Morgan fingerprint density at radius 3 is 3.00 bits per heavy atom. The second-order valence-corrected chi connectivity index (χ2v) is 3.36. The lowest BCUT2D eigenvalue weighted by Crippen LogP contribution is -2.37. The molecule has 1 aromatic heterocycles. The molecule has 0 saturated carbocycles. The number of ether oxygens (including phenoxy) is 2. The van der Waals surface area contributed by atoms with Gasteiger partial charge in [0, 0.05) is 6.20 Å². The monoisotopic (exact) mass is 195 g/mol. The summed E-state index contributed by atoms with van der Waals surface area (Å²) in [4.78, 5) is 8.16. The van der Waals surface area contributed by atoms with E-state index in [0.29, 0.717) is 19.1 Å². The van der Waals surface area contributed by atoms with Crippen LogP contribution in [0.4, 0.5) is 0 Å². The van der Waals surface area contributed by atoms with Crippen molar-refractivity contribution in [2.24, 2.45) is 5.73 Å². The van der Waals surface area contributed by atoms with Crippen molar-refractivity contribution in [1.82, 2.24) is 9.97 Å². The van der Waals surface area contributed by atoms with E-state index in [9.17, 15) is 0 Å². The predicted octanol–water partition coefficient (Wildman–Crippen LogP) is -0.110. The summed E-state index contributed by atoms with van der Waals surface area (Å²) >= 11 is 0. The standard InChI is InChI=1S/C9H13N3O2/c1-6-2-11-3-9(12-6)14-8-5-13-4-7(8)10/h2-3,7-8H,4-5,10H2,1H3. The molecule has 0 amide bonds. The molecule has 5 heteroatoms. The van der Waals surface area contributed by atoms with E-state index in [0.717, 1.165) is 5.69 Å². The van der Waals surface area contributed by atoms with Gasteiger partial charge < -0.3 is 15.2 Å². The zero-order valence-electron chi connectivity index (χ0n) is 8.01. The van der Waals surface area contributed by atoms with Crippen molar-refractivity contribution in [3.8, 4) is 5.88 Å². The lowest BCUT2D eigenvalue weighted by molar-refractivity contribution is 0.136. The van der Waals surface area contributed by atoms with Gasteiger partial charge in [-0.1, -0.05) is 0 Å². The summed E-state index contributed by atoms with van der Waals surface area (Å²) in [5.41, 5.74) is 6.60. The second-order valence-electron chi connectivity index (χ2n) is 3.36. The summed E-state index contributed by atoms with van der Waals surface area (Å²) in [6.07, 6.45) is 3.15. The molecule has 0 aliphatic carbocycles. The maximum atomic E-state index is 5.77. The Kier molecular flexibility index (Phi) is 2.60. The number of rotatable bonds is 2. The highest BCUT2D eigenvalue weighted by Crippen LogP contribution is 2.12. The Hall–Kier alpha value is -1.20. The zero-order chi connectivity index (χ0) is 9.97. The first-order valence-corrected chi connectivity index (χ1v) is 4.54. The van der Waals surface area contributed by atoms with E-state index in [1.54, 1.807) is 12.4 Å². The second kappa shape index (κ2) is 3.89. The van der Waals surface area contributed by atoms with E-state index in [2.05, 4.69) is 9.97 Å². The van der Waals surface area contributed by atoms with E-state index in [4.69, 9.17) is 15.2 Å². The van der Waals surface area contributed by atoms with Crippen molar-refractivity contribution in [2.45, 2.75) is 19.1 Å². The van der Waals surface area contributed by atoms with Crippen LogP contribution in [0.3, 0.4) is 0 Å². The number of hydrogen-bond donors (Lipinski definition) is 1. The van der Waals surface area contributed by atoms with E-state index < -0.39 is 0 Å². The summed E-state index contributed by atoms with van der Waals surface area (Å²) in [5, 5.41) is 0. The quantitative estimate of drug-likeness (QED) is 0.713. The molecule has 76 valence electrons. The van der Waals surface area contributed by atoms with Gasteiger partial charge in [0.15, 0.2) is 0 Å². The van der Waals surface area contributed by atoms with Gasteiger partial charge in [0.25, 0.3) is 0 Å². The number of aromatic nitrogens is 2. The van der Waals surface area contributed by atoms with Gasteiger partial charge >= 0.3 is 0 Å². The molecule has 2 unspecified atom stereocenters. The molecule has 1 fully saturated rings. The molecule has 1 aromatic rings. The van der Waals surface area contributed by atoms with Gasteiger partial charge in [0.1, 0.15) is 6.10 Å². The van der Waals surface area contributed by atoms with E-state index in [1.807, 2.05) is 6.92 Å². The molecule has 0 spiro atoms. The number of hydrogen-bond acceptors (Lipinski definition) is 5. The van der Waals surface area contributed by atoms with Crippen molar-refractivity contribution in [1.29, 1.82) is 0 Å². The van der Waals surface area contributed by atoms with Crippen LogP contribution >= 0.6 is 0 Å². The summed E-state index contributed by atoms with van der Waals surface area (Å²) in [6.45, 7) is 2.94. The van der Waals surface area contributed by atoms with E-state index >= 15 is 0 Å². The van der Waals surface area contributed by atoms with Crippen LogP contribution in [0, 0.1) is 6.92 Å². The lowest BCUT2D eigenvalue weighted by Gasteiger charge is -2.14. The summed E-state index contributed by atoms with van der Waals surface area (Å²) in [5.74, 6) is 0.510. The Morgan fingerprint density at radius 1 is 1.50 bits per heavy atom. The van der Waals surface area contributed by atoms with Crippen molar-refractivity contribution in [3.63, 3.8) is 0 Å². The minimum Gasteiger partial charge on any atom is -0.469 e. The van der Waals surface area contributed by atoms with Gasteiger partial charge in [-0.05, 0) is 6.92 Å². The highest BCUT2D eigenvalue weighted by atomic mass is 16.6. The van der Waals surface area contributed by atoms with Gasteiger partial charge in [-0.2, -0.15) is 0 Å². The Morgan fingerprint density at radius 2 is 2.36 bits per heavy atom. The molecule has 0 radical (unpaired) electrons. The average molecular weight is 195 g/mol. The Balaban J connectivity index is 2.03. The molecule has 1 aliphatic heterocycles. The number of aryl methyl sites for hydroxylation is 1. The topological polar surface area (TPSA) is 70.3 Å². The molecular weight excluding hydrogens is 182 g/mol. The van der Waals surface area contributed by atoms with Crippen molar-refractivity contribution in [3.05, 3.63) is 18.1 Å².